The van der Waals surface area contributed by atoms with Gasteiger partial charge in [0.05, 0.1) is 26.9 Å². The van der Waals surface area contributed by atoms with Gasteiger partial charge in [0, 0.05) is 29.6 Å². The molecule has 0 spiro atoms. The molecule has 0 aliphatic carbocycles. The third-order valence-electron chi connectivity index (χ3n) is 3.61. The van der Waals surface area contributed by atoms with Gasteiger partial charge in [-0.25, -0.2) is 0 Å². The van der Waals surface area contributed by atoms with Gasteiger partial charge >= 0.3 is 29.6 Å². The second-order valence-electron chi connectivity index (χ2n) is 5.60. The van der Waals surface area contributed by atoms with Crippen LogP contribution in [-0.4, -0.2) is 55.8 Å². The predicted molar refractivity (Wildman–Crippen MR) is 98.2 cm³/mol. The van der Waals surface area contributed by atoms with Crippen LogP contribution < -0.4 is 43.9 Å². The molecule has 0 radical (unpaired) electrons. The largest absolute Gasteiger partial charge is 1.00 e. The van der Waals surface area contributed by atoms with Crippen LogP contribution in [0.4, 0.5) is 11.4 Å². The van der Waals surface area contributed by atoms with Gasteiger partial charge in [0.25, 0.3) is 10.1 Å². The van der Waals surface area contributed by atoms with Crippen molar-refractivity contribution in [2.45, 2.75) is 6.10 Å². The molecule has 27 heavy (non-hydrogen) atoms. The Bertz CT molecular complexity index is 827. The van der Waals surface area contributed by atoms with Crippen LogP contribution >= 0.6 is 0 Å². The number of phenolic OH excluding ortho intramolecular Hbond substituents is 1. The summed E-state index contributed by atoms with van der Waals surface area (Å²) in [5, 5.41) is 19.6. The standard InChI is InChI=1S/C17H21NO7S.Na.H/c1-24-16-7-13(8-17(9-16)25-2)18(10-15(20)11-26(21,22)23)12-3-5-14(19)6-4-12;;/h3-9,15,19-20H,10-11H2,1-2H3,(H,21,22,23);;/q;+1;-1. The van der Waals surface area contributed by atoms with E-state index in [0.29, 0.717) is 22.9 Å². The Labute approximate surface area is 181 Å². The molecule has 0 fully saturated rings. The number of hydrogen-bond acceptors (Lipinski definition) is 7. The Morgan fingerprint density at radius 1 is 1.04 bits per heavy atom. The fourth-order valence-corrected chi connectivity index (χ4v) is 3.04. The van der Waals surface area contributed by atoms with Gasteiger partial charge in [-0.2, -0.15) is 8.42 Å². The molecule has 0 saturated carbocycles. The van der Waals surface area contributed by atoms with Gasteiger partial charge in [-0.05, 0) is 24.3 Å². The van der Waals surface area contributed by atoms with Gasteiger partial charge in [-0.15, -0.1) is 0 Å². The predicted octanol–water partition coefficient (Wildman–Crippen LogP) is -1.09. The third-order valence-corrected chi connectivity index (χ3v) is 4.41. The quantitative estimate of drug-likeness (QED) is 0.374. The molecular formula is C17H22NNaO7S. The van der Waals surface area contributed by atoms with E-state index in [1.807, 2.05) is 0 Å². The average molecular weight is 407 g/mol. The molecule has 2 rings (SSSR count). The first-order valence-electron chi connectivity index (χ1n) is 7.64. The summed E-state index contributed by atoms with van der Waals surface area (Å²) in [5.74, 6) is 0.276. The number of aromatic hydroxyl groups is 1. The Balaban J connectivity index is 0.00000364. The minimum atomic E-state index is -4.33. The van der Waals surface area contributed by atoms with Crippen LogP contribution in [-0.2, 0) is 10.1 Å². The summed E-state index contributed by atoms with van der Waals surface area (Å²) in [7, 11) is -1.34. The number of phenols is 1. The molecule has 10 heteroatoms. The average Bonchev–Trinajstić information content (AvgIpc) is 2.58. The number of rotatable bonds is 8. The molecule has 144 valence electrons. The van der Waals surface area contributed by atoms with E-state index < -0.39 is 22.0 Å². The van der Waals surface area contributed by atoms with Gasteiger partial charge in [0.1, 0.15) is 23.0 Å². The van der Waals surface area contributed by atoms with Gasteiger partial charge in [0.2, 0.25) is 0 Å². The summed E-state index contributed by atoms with van der Waals surface area (Å²) in [5.41, 5.74) is 1.16. The van der Waals surface area contributed by atoms with E-state index in [4.69, 9.17) is 14.0 Å². The summed E-state index contributed by atoms with van der Waals surface area (Å²) in [6, 6.07) is 11.2. The topological polar surface area (TPSA) is 117 Å². The molecule has 0 bridgehead atoms. The zero-order chi connectivity index (χ0) is 19.3. The molecule has 0 aromatic heterocycles. The number of benzene rings is 2. The minimum Gasteiger partial charge on any atom is -1.00 e. The number of anilines is 2. The molecule has 1 unspecified atom stereocenters. The first-order chi connectivity index (χ1) is 12.2. The Kier molecular flexibility index (Phi) is 8.86. The number of nitrogens with zero attached hydrogens (tertiary/aromatic N) is 1. The first-order valence-corrected chi connectivity index (χ1v) is 9.25. The number of hydrogen-bond donors (Lipinski definition) is 3. The first kappa shape index (κ1) is 23.5. The number of aliphatic hydroxyl groups is 1. The van der Waals surface area contributed by atoms with E-state index in [0.717, 1.165) is 0 Å². The van der Waals surface area contributed by atoms with Crippen molar-refractivity contribution in [2.75, 3.05) is 31.4 Å². The molecular weight excluding hydrogens is 385 g/mol. The summed E-state index contributed by atoms with van der Waals surface area (Å²) in [6.45, 7) is -0.124. The maximum atomic E-state index is 11.0. The molecule has 0 saturated heterocycles. The Morgan fingerprint density at radius 2 is 1.56 bits per heavy atom. The normalized spacial score (nSPS) is 12.0. The molecule has 1 atom stereocenters. The van der Waals surface area contributed by atoms with Crippen LogP contribution in [0.2, 0.25) is 0 Å². The molecule has 0 amide bonds. The van der Waals surface area contributed by atoms with Crippen molar-refractivity contribution >= 4 is 21.5 Å². The third kappa shape index (κ3) is 7.21. The van der Waals surface area contributed by atoms with Crippen molar-refractivity contribution in [1.82, 2.24) is 0 Å². The smallest absolute Gasteiger partial charge is 1.00 e. The molecule has 0 aliphatic heterocycles. The molecule has 0 aliphatic rings. The molecule has 2 aromatic rings. The van der Waals surface area contributed by atoms with Gasteiger partial charge < -0.3 is 26.0 Å². The van der Waals surface area contributed by atoms with E-state index in [1.54, 1.807) is 35.2 Å². The van der Waals surface area contributed by atoms with Crippen LogP contribution in [0, 0.1) is 0 Å². The summed E-state index contributed by atoms with van der Waals surface area (Å²) < 4.78 is 41.5. The van der Waals surface area contributed by atoms with Crippen molar-refractivity contribution < 1.29 is 63.6 Å². The minimum absolute atomic E-state index is 0. The molecule has 2 aromatic carbocycles. The number of methoxy groups -OCH3 is 2. The van der Waals surface area contributed by atoms with Crippen molar-refractivity contribution in [1.29, 1.82) is 0 Å². The number of aliphatic hydroxyl groups excluding tert-OH is 1. The molecule has 0 heterocycles. The maximum absolute atomic E-state index is 11.0. The number of ether oxygens (including phenoxy) is 2. The van der Waals surface area contributed by atoms with Crippen LogP contribution in [0.25, 0.3) is 0 Å². The van der Waals surface area contributed by atoms with Crippen molar-refractivity contribution in [2.24, 2.45) is 0 Å². The summed E-state index contributed by atoms with van der Waals surface area (Å²) in [4.78, 5) is 1.63. The second kappa shape index (κ2) is 10.2. The van der Waals surface area contributed by atoms with E-state index in [1.165, 1.54) is 26.4 Å². The zero-order valence-electron chi connectivity index (χ0n) is 16.4. The summed E-state index contributed by atoms with van der Waals surface area (Å²) in [6.07, 6.45) is -1.35. The fourth-order valence-electron chi connectivity index (χ4n) is 2.45. The van der Waals surface area contributed by atoms with E-state index in [2.05, 4.69) is 0 Å². The molecule has 8 nitrogen and oxygen atoms in total. The van der Waals surface area contributed by atoms with Crippen LogP contribution in [0.5, 0.6) is 17.2 Å². The molecule has 3 N–H and O–H groups in total. The zero-order valence-corrected chi connectivity index (χ0v) is 18.2. The van der Waals surface area contributed by atoms with E-state index in [-0.39, 0.29) is 43.3 Å². The fraction of sp³-hybridized carbons (Fsp3) is 0.294. The van der Waals surface area contributed by atoms with Crippen LogP contribution in [0.3, 0.4) is 0 Å². The monoisotopic (exact) mass is 407 g/mol. The van der Waals surface area contributed by atoms with E-state index in [9.17, 15) is 18.6 Å². The van der Waals surface area contributed by atoms with Gasteiger partial charge in [0.15, 0.2) is 0 Å². The SMILES string of the molecule is COc1cc(OC)cc(N(CC(O)CS(=O)(=O)O)c2ccc(O)cc2)c1.[H-].[Na+]. The Hall–Kier alpha value is -1.49. The summed E-state index contributed by atoms with van der Waals surface area (Å²) >= 11 is 0. The van der Waals surface area contributed by atoms with Crippen molar-refractivity contribution in [3.63, 3.8) is 0 Å². The maximum Gasteiger partial charge on any atom is 1.00 e. The second-order valence-corrected chi connectivity index (χ2v) is 7.10. The Morgan fingerprint density at radius 3 is 2.00 bits per heavy atom. The van der Waals surface area contributed by atoms with Gasteiger partial charge in [-0.1, -0.05) is 0 Å². The van der Waals surface area contributed by atoms with Crippen LogP contribution in [0.15, 0.2) is 42.5 Å². The van der Waals surface area contributed by atoms with Crippen molar-refractivity contribution in [3.05, 3.63) is 42.5 Å². The van der Waals surface area contributed by atoms with Gasteiger partial charge in [-0.3, -0.25) is 4.55 Å². The van der Waals surface area contributed by atoms with E-state index >= 15 is 0 Å². The van der Waals surface area contributed by atoms with Crippen LogP contribution in [0.1, 0.15) is 1.43 Å². The van der Waals surface area contributed by atoms with Crippen molar-refractivity contribution in [3.8, 4) is 17.2 Å².